The molecule has 1 rings (SSSR count). The minimum absolute atomic E-state index is 0.0840. The summed E-state index contributed by atoms with van der Waals surface area (Å²) in [5.41, 5.74) is 0.636. The van der Waals surface area contributed by atoms with Crippen molar-refractivity contribution in [2.24, 2.45) is 0 Å². The molecule has 1 atom stereocenters. The van der Waals surface area contributed by atoms with E-state index in [1.807, 2.05) is 17.9 Å². The number of para-hydroxylation sites is 1. The Balaban J connectivity index is 2.55. The number of hydrogen-bond donors (Lipinski definition) is 2. The van der Waals surface area contributed by atoms with E-state index in [2.05, 4.69) is 12.2 Å². The third-order valence-corrected chi connectivity index (χ3v) is 3.23. The molecule has 0 radical (unpaired) electrons. The van der Waals surface area contributed by atoms with Gasteiger partial charge in [0.05, 0.1) is 12.3 Å². The van der Waals surface area contributed by atoms with E-state index in [-0.39, 0.29) is 18.5 Å². The van der Waals surface area contributed by atoms with E-state index >= 15 is 0 Å². The molecule has 0 aromatic heterocycles. The van der Waals surface area contributed by atoms with Crippen LogP contribution in [0.4, 0.5) is 10.1 Å². The summed E-state index contributed by atoms with van der Waals surface area (Å²) < 4.78 is 13.7. The third-order valence-electron chi connectivity index (χ3n) is 3.23. The zero-order chi connectivity index (χ0) is 14.1. The Morgan fingerprint density at radius 1 is 1.32 bits per heavy atom. The van der Waals surface area contributed by atoms with Crippen molar-refractivity contribution >= 4 is 5.69 Å². The molecule has 0 spiro atoms. The standard InChI is InChI=1S/C15H25FN2O/c1-3-10-17-13(12-19)9-11-18(4-2)15-8-6-5-7-14(15)16/h5-8,13,17,19H,3-4,9-12H2,1-2H3. The summed E-state index contributed by atoms with van der Waals surface area (Å²) in [4.78, 5) is 2.01. The van der Waals surface area contributed by atoms with Gasteiger partial charge in [0.25, 0.3) is 0 Å². The molecule has 108 valence electrons. The largest absolute Gasteiger partial charge is 0.395 e. The molecule has 1 unspecified atom stereocenters. The Labute approximate surface area is 115 Å². The van der Waals surface area contributed by atoms with Gasteiger partial charge in [0, 0.05) is 19.1 Å². The summed E-state index contributed by atoms with van der Waals surface area (Å²) in [6.07, 6.45) is 1.85. The van der Waals surface area contributed by atoms with Crippen LogP contribution in [-0.4, -0.2) is 37.4 Å². The molecule has 0 fully saturated rings. The molecule has 0 amide bonds. The van der Waals surface area contributed by atoms with Crippen molar-refractivity contribution in [3.63, 3.8) is 0 Å². The van der Waals surface area contributed by atoms with Crippen molar-refractivity contribution in [3.05, 3.63) is 30.1 Å². The van der Waals surface area contributed by atoms with Gasteiger partial charge in [-0.2, -0.15) is 0 Å². The van der Waals surface area contributed by atoms with Gasteiger partial charge in [-0.15, -0.1) is 0 Å². The van der Waals surface area contributed by atoms with Crippen LogP contribution in [0, 0.1) is 5.82 Å². The van der Waals surface area contributed by atoms with Gasteiger partial charge >= 0.3 is 0 Å². The van der Waals surface area contributed by atoms with Crippen molar-refractivity contribution in [2.45, 2.75) is 32.7 Å². The molecule has 0 heterocycles. The van der Waals surface area contributed by atoms with Crippen LogP contribution in [0.5, 0.6) is 0 Å². The van der Waals surface area contributed by atoms with E-state index in [4.69, 9.17) is 0 Å². The molecule has 0 bridgehead atoms. The van der Waals surface area contributed by atoms with Crippen molar-refractivity contribution in [2.75, 3.05) is 31.1 Å². The molecule has 3 nitrogen and oxygen atoms in total. The lowest BCUT2D eigenvalue weighted by molar-refractivity contribution is 0.237. The molecule has 0 saturated heterocycles. The van der Waals surface area contributed by atoms with Gasteiger partial charge in [0.1, 0.15) is 5.82 Å². The van der Waals surface area contributed by atoms with Crippen LogP contribution in [0.25, 0.3) is 0 Å². The summed E-state index contributed by atoms with van der Waals surface area (Å²) in [6, 6.07) is 6.91. The molecule has 19 heavy (non-hydrogen) atoms. The molecule has 1 aromatic rings. The normalized spacial score (nSPS) is 12.4. The summed E-state index contributed by atoms with van der Waals surface area (Å²) in [5.74, 6) is -0.189. The summed E-state index contributed by atoms with van der Waals surface area (Å²) in [7, 11) is 0. The second kappa shape index (κ2) is 8.88. The Hall–Kier alpha value is -1.13. The topological polar surface area (TPSA) is 35.5 Å². The zero-order valence-electron chi connectivity index (χ0n) is 11.9. The first-order valence-electron chi connectivity index (χ1n) is 7.06. The maximum absolute atomic E-state index is 13.7. The Morgan fingerprint density at radius 2 is 2.05 bits per heavy atom. The second-order valence-corrected chi connectivity index (χ2v) is 4.65. The molecule has 0 saturated carbocycles. The lowest BCUT2D eigenvalue weighted by Gasteiger charge is -2.26. The van der Waals surface area contributed by atoms with E-state index in [1.165, 1.54) is 6.07 Å². The van der Waals surface area contributed by atoms with Crippen LogP contribution in [-0.2, 0) is 0 Å². The molecular weight excluding hydrogens is 243 g/mol. The molecule has 4 heteroatoms. The van der Waals surface area contributed by atoms with Crippen molar-refractivity contribution in [1.29, 1.82) is 0 Å². The van der Waals surface area contributed by atoms with Crippen molar-refractivity contribution in [1.82, 2.24) is 5.32 Å². The summed E-state index contributed by atoms with van der Waals surface area (Å²) in [6.45, 7) is 6.62. The highest BCUT2D eigenvalue weighted by atomic mass is 19.1. The van der Waals surface area contributed by atoms with Gasteiger partial charge in [-0.3, -0.25) is 0 Å². The molecule has 0 aliphatic carbocycles. The Morgan fingerprint density at radius 3 is 2.63 bits per heavy atom. The lowest BCUT2D eigenvalue weighted by atomic mass is 10.2. The molecule has 0 aliphatic rings. The maximum atomic E-state index is 13.7. The van der Waals surface area contributed by atoms with Gasteiger partial charge in [-0.25, -0.2) is 4.39 Å². The first-order valence-corrected chi connectivity index (χ1v) is 7.06. The number of hydrogen-bond acceptors (Lipinski definition) is 3. The fraction of sp³-hybridized carbons (Fsp3) is 0.600. The number of aliphatic hydroxyl groups is 1. The maximum Gasteiger partial charge on any atom is 0.146 e. The number of anilines is 1. The Kier molecular flexibility index (Phi) is 7.45. The van der Waals surface area contributed by atoms with Crippen molar-refractivity contribution in [3.8, 4) is 0 Å². The highest BCUT2D eigenvalue weighted by Crippen LogP contribution is 2.18. The van der Waals surface area contributed by atoms with E-state index < -0.39 is 0 Å². The van der Waals surface area contributed by atoms with Gasteiger partial charge in [-0.1, -0.05) is 19.1 Å². The minimum atomic E-state index is -0.189. The number of halogens is 1. The molecule has 0 aliphatic heterocycles. The first kappa shape index (κ1) is 15.9. The van der Waals surface area contributed by atoms with Gasteiger partial charge < -0.3 is 15.3 Å². The predicted octanol–water partition coefficient (Wildman–Crippen LogP) is 2.40. The quantitative estimate of drug-likeness (QED) is 0.722. The van der Waals surface area contributed by atoms with Crippen LogP contribution in [0.2, 0.25) is 0 Å². The van der Waals surface area contributed by atoms with E-state index in [1.54, 1.807) is 12.1 Å². The fourth-order valence-electron chi connectivity index (χ4n) is 2.08. The van der Waals surface area contributed by atoms with Crippen LogP contribution in [0.1, 0.15) is 26.7 Å². The number of benzene rings is 1. The molecular formula is C15H25FN2O. The van der Waals surface area contributed by atoms with Crippen LogP contribution in [0.3, 0.4) is 0 Å². The molecule has 1 aromatic carbocycles. The number of rotatable bonds is 9. The number of nitrogens with one attached hydrogen (secondary N) is 1. The smallest absolute Gasteiger partial charge is 0.146 e. The monoisotopic (exact) mass is 268 g/mol. The third kappa shape index (κ3) is 5.17. The van der Waals surface area contributed by atoms with Gasteiger partial charge in [-0.05, 0) is 38.4 Å². The van der Waals surface area contributed by atoms with Crippen LogP contribution in [0.15, 0.2) is 24.3 Å². The van der Waals surface area contributed by atoms with E-state index in [9.17, 15) is 9.50 Å². The Bertz CT molecular complexity index is 360. The highest BCUT2D eigenvalue weighted by molar-refractivity contribution is 5.47. The lowest BCUT2D eigenvalue weighted by Crippen LogP contribution is -2.37. The minimum Gasteiger partial charge on any atom is -0.395 e. The van der Waals surface area contributed by atoms with E-state index in [0.29, 0.717) is 5.69 Å². The highest BCUT2D eigenvalue weighted by Gasteiger charge is 2.12. The predicted molar refractivity (Wildman–Crippen MR) is 78.1 cm³/mol. The summed E-state index contributed by atoms with van der Waals surface area (Å²) >= 11 is 0. The first-order chi connectivity index (χ1) is 9.22. The fourth-order valence-corrected chi connectivity index (χ4v) is 2.08. The van der Waals surface area contributed by atoms with Crippen LogP contribution >= 0.6 is 0 Å². The second-order valence-electron chi connectivity index (χ2n) is 4.65. The summed E-state index contributed by atoms with van der Waals surface area (Å²) in [5, 5.41) is 12.6. The van der Waals surface area contributed by atoms with Crippen LogP contribution < -0.4 is 10.2 Å². The van der Waals surface area contributed by atoms with Gasteiger partial charge in [0.2, 0.25) is 0 Å². The van der Waals surface area contributed by atoms with Gasteiger partial charge in [0.15, 0.2) is 0 Å². The SMILES string of the molecule is CCCNC(CO)CCN(CC)c1ccccc1F. The average Bonchev–Trinajstić information content (AvgIpc) is 2.44. The van der Waals surface area contributed by atoms with E-state index in [0.717, 1.165) is 32.5 Å². The number of aliphatic hydroxyl groups excluding tert-OH is 1. The average molecular weight is 268 g/mol. The molecule has 2 N–H and O–H groups in total. The van der Waals surface area contributed by atoms with Crippen molar-refractivity contribution < 1.29 is 9.50 Å². The number of nitrogens with zero attached hydrogens (tertiary/aromatic N) is 1. The zero-order valence-corrected chi connectivity index (χ0v) is 11.9.